The third-order valence-electron chi connectivity index (χ3n) is 7.72. The number of aromatic nitrogens is 1. The Morgan fingerprint density at radius 3 is 2.72 bits per heavy atom. The first kappa shape index (κ1) is 31.1. The van der Waals surface area contributed by atoms with Gasteiger partial charge in [0.05, 0.1) is 34.1 Å². The first-order chi connectivity index (χ1) is 20.8. The van der Waals surface area contributed by atoms with Gasteiger partial charge in [0.15, 0.2) is 5.75 Å². The summed E-state index contributed by atoms with van der Waals surface area (Å²) in [5, 5.41) is 15.9. The highest BCUT2D eigenvalue weighted by Crippen LogP contribution is 2.27. The van der Waals surface area contributed by atoms with Gasteiger partial charge in [-0.15, -0.1) is 11.3 Å². The summed E-state index contributed by atoms with van der Waals surface area (Å²) in [7, 11) is 0. The van der Waals surface area contributed by atoms with Crippen LogP contribution in [0.5, 0.6) is 5.75 Å². The maximum atomic E-state index is 13.4. The van der Waals surface area contributed by atoms with E-state index in [1.165, 1.54) is 11.3 Å². The lowest BCUT2D eigenvalue weighted by Gasteiger charge is -2.26. The van der Waals surface area contributed by atoms with Gasteiger partial charge in [-0.05, 0) is 80.1 Å². The van der Waals surface area contributed by atoms with Gasteiger partial charge in [0.25, 0.3) is 11.5 Å². The van der Waals surface area contributed by atoms with Crippen molar-refractivity contribution in [1.29, 1.82) is 0 Å². The summed E-state index contributed by atoms with van der Waals surface area (Å²) in [6, 6.07) is 12.7. The monoisotopic (exact) mass is 628 g/mol. The van der Waals surface area contributed by atoms with Crippen molar-refractivity contribution in [3.05, 3.63) is 73.8 Å². The molecule has 12 heteroatoms. The molecule has 3 aromatic rings. The van der Waals surface area contributed by atoms with Crippen molar-refractivity contribution < 1.29 is 24.2 Å². The van der Waals surface area contributed by atoms with Gasteiger partial charge in [0.1, 0.15) is 12.7 Å². The summed E-state index contributed by atoms with van der Waals surface area (Å²) in [4.78, 5) is 40.6. The van der Waals surface area contributed by atoms with Crippen molar-refractivity contribution in [2.24, 2.45) is 0 Å². The molecule has 1 saturated heterocycles. The summed E-state index contributed by atoms with van der Waals surface area (Å²) in [6.07, 6.45) is 5.58. The largest absolute Gasteiger partial charge is 0.487 e. The fourth-order valence-electron chi connectivity index (χ4n) is 5.49. The number of thiophene rings is 1. The minimum atomic E-state index is -0.503. The number of aliphatic hydroxyl groups is 1. The number of aryl methyl sites for hydroxylation is 1. The van der Waals surface area contributed by atoms with Crippen LogP contribution in [-0.2, 0) is 11.2 Å². The molecule has 2 aliphatic rings. The number of benzene rings is 1. The van der Waals surface area contributed by atoms with E-state index in [0.29, 0.717) is 40.5 Å². The highest BCUT2D eigenvalue weighted by molar-refractivity contribution is 7.18. The Bertz CT molecular complexity index is 1480. The molecule has 1 aromatic carbocycles. The van der Waals surface area contributed by atoms with E-state index in [1.54, 1.807) is 46.0 Å². The van der Waals surface area contributed by atoms with E-state index in [1.807, 2.05) is 12.1 Å². The van der Waals surface area contributed by atoms with Crippen molar-refractivity contribution in [3.8, 4) is 11.4 Å². The normalized spacial score (nSPS) is 20.2. The van der Waals surface area contributed by atoms with Crippen molar-refractivity contribution in [1.82, 2.24) is 15.2 Å². The second-order valence-electron chi connectivity index (χ2n) is 10.8. The van der Waals surface area contributed by atoms with Gasteiger partial charge in [-0.2, -0.15) is 0 Å². The summed E-state index contributed by atoms with van der Waals surface area (Å²) in [5.74, 6) is 0.00609. The maximum Gasteiger partial charge on any atom is 0.414 e. The lowest BCUT2D eigenvalue weighted by Crippen LogP contribution is -2.37. The van der Waals surface area contributed by atoms with Gasteiger partial charge in [0.2, 0.25) is 0 Å². The average molecular weight is 629 g/mol. The molecule has 0 radical (unpaired) electrons. The predicted molar refractivity (Wildman–Crippen MR) is 167 cm³/mol. The van der Waals surface area contributed by atoms with Crippen LogP contribution in [0, 0.1) is 0 Å². The molecule has 1 aliphatic heterocycles. The standard InChI is InChI=1S/C31H37ClN4O6S/c1-2-4-20-17-22(36-19-24(42-31(36)40)18-34-29(38)27-12-13-28(32)43-27)8-11-25(20)35-15-3-5-26(30(35)39)41-16-14-33-21-6-9-23(37)10-7-21/h3,5,8,11-13,15,17,21,23-24,33,37H,2,4,6-7,9-10,14,16,18-19H2,1H3,(H,34,38)/t21-,23-,24-/m0/s1. The van der Waals surface area contributed by atoms with Crippen molar-refractivity contribution >= 4 is 40.6 Å². The quantitative estimate of drug-likeness (QED) is 0.252. The molecule has 3 heterocycles. The maximum absolute atomic E-state index is 13.4. The van der Waals surface area contributed by atoms with Crippen LogP contribution >= 0.6 is 22.9 Å². The van der Waals surface area contributed by atoms with Crippen molar-refractivity contribution in [3.63, 3.8) is 0 Å². The summed E-state index contributed by atoms with van der Waals surface area (Å²) >= 11 is 7.11. The molecule has 1 atom stereocenters. The zero-order chi connectivity index (χ0) is 30.3. The number of carbonyl (C=O) groups is 2. The summed E-state index contributed by atoms with van der Waals surface area (Å²) in [5.41, 5.74) is 2.06. The van der Waals surface area contributed by atoms with Crippen LogP contribution in [0.2, 0.25) is 4.34 Å². The number of hydrogen-bond acceptors (Lipinski definition) is 8. The van der Waals surface area contributed by atoms with Gasteiger partial charge >= 0.3 is 6.09 Å². The lowest BCUT2D eigenvalue weighted by molar-refractivity contribution is 0.0920. The van der Waals surface area contributed by atoms with Gasteiger partial charge in [-0.25, -0.2) is 4.79 Å². The minimum Gasteiger partial charge on any atom is -0.487 e. The number of carbonyl (C=O) groups excluding carboxylic acids is 2. The van der Waals surface area contributed by atoms with Crippen LogP contribution in [0.25, 0.3) is 5.69 Å². The number of nitrogens with one attached hydrogen (secondary N) is 2. The molecule has 5 rings (SSSR count). The van der Waals surface area contributed by atoms with Gasteiger partial charge in [-0.1, -0.05) is 24.9 Å². The van der Waals surface area contributed by atoms with E-state index in [2.05, 4.69) is 17.6 Å². The average Bonchev–Trinajstić information content (AvgIpc) is 3.61. The molecular formula is C31H37ClN4O6S. The molecule has 2 fully saturated rings. The van der Waals surface area contributed by atoms with E-state index in [-0.39, 0.29) is 36.4 Å². The van der Waals surface area contributed by atoms with E-state index in [0.717, 1.165) is 43.4 Å². The molecule has 10 nitrogen and oxygen atoms in total. The minimum absolute atomic E-state index is 0.179. The number of hydrogen-bond donors (Lipinski definition) is 3. The predicted octanol–water partition coefficient (Wildman–Crippen LogP) is 4.53. The van der Waals surface area contributed by atoms with Crippen LogP contribution in [0.1, 0.15) is 54.3 Å². The molecule has 3 N–H and O–H groups in total. The SMILES string of the molecule is CCCc1cc(N2C[C@H](CNC(=O)c3ccc(Cl)s3)OC2=O)ccc1-n1cccc(OCCN[C@H]2CC[C@H](O)CC2)c1=O. The third kappa shape index (κ3) is 7.77. The molecule has 230 valence electrons. The zero-order valence-corrected chi connectivity index (χ0v) is 25.7. The molecule has 0 bridgehead atoms. The first-order valence-corrected chi connectivity index (χ1v) is 15.9. The Morgan fingerprint density at radius 2 is 1.98 bits per heavy atom. The molecule has 1 aliphatic carbocycles. The Morgan fingerprint density at radius 1 is 1.16 bits per heavy atom. The Labute approximate surface area is 259 Å². The second-order valence-corrected chi connectivity index (χ2v) is 12.6. The fraction of sp³-hybridized carbons (Fsp3) is 0.452. The topological polar surface area (TPSA) is 122 Å². The first-order valence-electron chi connectivity index (χ1n) is 14.7. The number of rotatable bonds is 12. The Kier molecular flexibility index (Phi) is 10.4. The van der Waals surface area contributed by atoms with Crippen molar-refractivity contribution in [2.45, 2.75) is 63.7 Å². The molecule has 0 spiro atoms. The second kappa shape index (κ2) is 14.4. The molecule has 43 heavy (non-hydrogen) atoms. The van der Waals surface area contributed by atoms with Gasteiger partial charge in [-0.3, -0.25) is 19.1 Å². The highest BCUT2D eigenvalue weighted by atomic mass is 35.5. The van der Waals surface area contributed by atoms with Crippen LogP contribution in [0.3, 0.4) is 0 Å². The van der Waals surface area contributed by atoms with Crippen LogP contribution < -0.4 is 25.8 Å². The number of nitrogens with zero attached hydrogens (tertiary/aromatic N) is 2. The number of cyclic esters (lactones) is 1. The number of halogens is 1. The third-order valence-corrected chi connectivity index (χ3v) is 8.95. The van der Waals surface area contributed by atoms with E-state index in [9.17, 15) is 19.5 Å². The Hall–Kier alpha value is -3.38. The van der Waals surface area contributed by atoms with E-state index >= 15 is 0 Å². The number of ether oxygens (including phenoxy) is 2. The van der Waals surface area contributed by atoms with Crippen LogP contribution in [0.4, 0.5) is 10.5 Å². The smallest absolute Gasteiger partial charge is 0.414 e. The van der Waals surface area contributed by atoms with Crippen LogP contribution in [0.15, 0.2) is 53.5 Å². The number of anilines is 1. The molecule has 2 amide bonds. The fourth-order valence-corrected chi connectivity index (χ4v) is 6.45. The van der Waals surface area contributed by atoms with E-state index in [4.69, 9.17) is 21.1 Å². The number of pyridine rings is 1. The van der Waals surface area contributed by atoms with Crippen molar-refractivity contribution in [2.75, 3.05) is 31.1 Å². The highest BCUT2D eigenvalue weighted by Gasteiger charge is 2.33. The zero-order valence-electron chi connectivity index (χ0n) is 24.1. The van der Waals surface area contributed by atoms with Gasteiger partial charge in [0, 0.05) is 24.5 Å². The summed E-state index contributed by atoms with van der Waals surface area (Å²) < 4.78 is 13.5. The van der Waals surface area contributed by atoms with Crippen LogP contribution in [-0.4, -0.2) is 66.2 Å². The Balaban J connectivity index is 1.23. The number of amides is 2. The van der Waals surface area contributed by atoms with E-state index < -0.39 is 12.2 Å². The lowest BCUT2D eigenvalue weighted by atomic mass is 9.93. The molecule has 1 saturated carbocycles. The summed E-state index contributed by atoms with van der Waals surface area (Å²) in [6.45, 7) is 3.50. The van der Waals surface area contributed by atoms with Gasteiger partial charge < -0.3 is 25.2 Å². The number of aliphatic hydroxyl groups excluding tert-OH is 1. The molecule has 0 unspecified atom stereocenters. The molecule has 2 aromatic heterocycles. The molecular weight excluding hydrogens is 592 g/mol.